The van der Waals surface area contributed by atoms with Gasteiger partial charge in [-0.3, -0.25) is 4.79 Å². The second kappa shape index (κ2) is 6.43. The SMILES string of the molecule is O=C(NCc1cccc(C#CCO)c1)c1ccc[nH]1. The zero-order chi connectivity index (χ0) is 13.5. The fraction of sp³-hybridized carbons (Fsp3) is 0.133. The van der Waals surface area contributed by atoms with Crippen molar-refractivity contribution < 1.29 is 9.90 Å². The molecule has 1 heterocycles. The molecule has 96 valence electrons. The monoisotopic (exact) mass is 254 g/mol. The fourth-order valence-corrected chi connectivity index (χ4v) is 1.65. The molecule has 0 unspecified atom stereocenters. The second-order valence-electron chi connectivity index (χ2n) is 3.93. The first-order valence-corrected chi connectivity index (χ1v) is 5.90. The average molecular weight is 254 g/mol. The third kappa shape index (κ3) is 3.73. The number of aliphatic hydroxyl groups excluding tert-OH is 1. The van der Waals surface area contributed by atoms with Gasteiger partial charge in [-0.1, -0.05) is 24.0 Å². The lowest BCUT2D eigenvalue weighted by Gasteiger charge is -2.04. The average Bonchev–Trinajstić information content (AvgIpc) is 2.97. The summed E-state index contributed by atoms with van der Waals surface area (Å²) in [7, 11) is 0. The van der Waals surface area contributed by atoms with Gasteiger partial charge < -0.3 is 15.4 Å². The van der Waals surface area contributed by atoms with Crippen LogP contribution < -0.4 is 5.32 Å². The number of carbonyl (C=O) groups is 1. The molecule has 4 nitrogen and oxygen atoms in total. The zero-order valence-electron chi connectivity index (χ0n) is 10.3. The van der Waals surface area contributed by atoms with E-state index in [2.05, 4.69) is 22.1 Å². The van der Waals surface area contributed by atoms with Crippen molar-refractivity contribution in [3.63, 3.8) is 0 Å². The number of hydrogen-bond donors (Lipinski definition) is 3. The molecule has 0 aliphatic rings. The maximum absolute atomic E-state index is 11.7. The summed E-state index contributed by atoms with van der Waals surface area (Å²) in [6.45, 7) is 0.278. The van der Waals surface area contributed by atoms with Crippen molar-refractivity contribution in [1.29, 1.82) is 0 Å². The molecule has 0 radical (unpaired) electrons. The topological polar surface area (TPSA) is 65.1 Å². The van der Waals surface area contributed by atoms with Crippen LogP contribution in [0.15, 0.2) is 42.6 Å². The fourth-order valence-electron chi connectivity index (χ4n) is 1.65. The van der Waals surface area contributed by atoms with E-state index < -0.39 is 0 Å². The number of amides is 1. The minimum Gasteiger partial charge on any atom is -0.384 e. The molecule has 19 heavy (non-hydrogen) atoms. The molecule has 4 heteroatoms. The Hall–Kier alpha value is -2.51. The number of aromatic nitrogens is 1. The number of benzene rings is 1. The van der Waals surface area contributed by atoms with Crippen molar-refractivity contribution in [1.82, 2.24) is 10.3 Å². The third-order valence-corrected chi connectivity index (χ3v) is 2.53. The van der Waals surface area contributed by atoms with Crippen molar-refractivity contribution in [3.8, 4) is 11.8 Å². The Bertz CT molecular complexity index is 607. The maximum Gasteiger partial charge on any atom is 0.267 e. The summed E-state index contributed by atoms with van der Waals surface area (Å²) in [6.07, 6.45) is 1.71. The van der Waals surface area contributed by atoms with E-state index in [1.54, 1.807) is 18.3 Å². The van der Waals surface area contributed by atoms with Gasteiger partial charge in [0.15, 0.2) is 0 Å². The highest BCUT2D eigenvalue weighted by Gasteiger charge is 2.04. The zero-order valence-corrected chi connectivity index (χ0v) is 10.3. The quantitative estimate of drug-likeness (QED) is 0.723. The molecule has 0 bridgehead atoms. The Labute approximate surface area is 111 Å². The van der Waals surface area contributed by atoms with Gasteiger partial charge in [-0.25, -0.2) is 0 Å². The van der Waals surface area contributed by atoms with Crippen molar-refractivity contribution in [3.05, 3.63) is 59.4 Å². The van der Waals surface area contributed by atoms with Gasteiger partial charge in [-0.2, -0.15) is 0 Å². The second-order valence-corrected chi connectivity index (χ2v) is 3.93. The number of hydrogen-bond acceptors (Lipinski definition) is 2. The number of nitrogens with one attached hydrogen (secondary N) is 2. The van der Waals surface area contributed by atoms with Crippen LogP contribution in [0.2, 0.25) is 0 Å². The van der Waals surface area contributed by atoms with Gasteiger partial charge in [0.2, 0.25) is 0 Å². The molecule has 1 amide bonds. The smallest absolute Gasteiger partial charge is 0.267 e. The Morgan fingerprint density at radius 3 is 2.95 bits per heavy atom. The number of aliphatic hydroxyl groups is 1. The molecule has 0 spiro atoms. The van der Waals surface area contributed by atoms with Crippen molar-refractivity contribution in [2.45, 2.75) is 6.54 Å². The van der Waals surface area contributed by atoms with E-state index in [4.69, 9.17) is 5.11 Å². The van der Waals surface area contributed by atoms with Gasteiger partial charge in [0.1, 0.15) is 12.3 Å². The summed E-state index contributed by atoms with van der Waals surface area (Å²) in [5.41, 5.74) is 2.32. The molecule has 0 aliphatic heterocycles. The number of H-pyrrole nitrogens is 1. The molecular weight excluding hydrogens is 240 g/mol. The van der Waals surface area contributed by atoms with E-state index in [0.29, 0.717) is 12.2 Å². The maximum atomic E-state index is 11.7. The first-order chi connectivity index (χ1) is 9.29. The van der Waals surface area contributed by atoms with Crippen LogP contribution in [0.4, 0.5) is 0 Å². The Balaban J connectivity index is 1.98. The lowest BCUT2D eigenvalue weighted by molar-refractivity contribution is 0.0946. The highest BCUT2D eigenvalue weighted by atomic mass is 16.2. The summed E-state index contributed by atoms with van der Waals surface area (Å²) in [5, 5.41) is 11.5. The number of rotatable bonds is 3. The van der Waals surface area contributed by atoms with E-state index in [9.17, 15) is 4.79 Å². The van der Waals surface area contributed by atoms with E-state index in [0.717, 1.165) is 11.1 Å². The van der Waals surface area contributed by atoms with Crippen molar-refractivity contribution >= 4 is 5.91 Å². The number of aromatic amines is 1. The molecule has 0 fully saturated rings. The van der Waals surface area contributed by atoms with E-state index in [-0.39, 0.29) is 12.5 Å². The molecule has 0 aliphatic carbocycles. The van der Waals surface area contributed by atoms with Crippen LogP contribution >= 0.6 is 0 Å². The van der Waals surface area contributed by atoms with Crippen molar-refractivity contribution in [2.75, 3.05) is 6.61 Å². The van der Waals surface area contributed by atoms with Gasteiger partial charge >= 0.3 is 0 Å². The summed E-state index contributed by atoms with van der Waals surface area (Å²) >= 11 is 0. The summed E-state index contributed by atoms with van der Waals surface area (Å²) in [6, 6.07) is 11.0. The summed E-state index contributed by atoms with van der Waals surface area (Å²) in [5.74, 6) is 5.28. The lowest BCUT2D eigenvalue weighted by Crippen LogP contribution is -2.23. The van der Waals surface area contributed by atoms with Gasteiger partial charge in [-0.15, -0.1) is 0 Å². The molecule has 0 saturated heterocycles. The summed E-state index contributed by atoms with van der Waals surface area (Å²) < 4.78 is 0. The molecule has 2 aromatic rings. The van der Waals surface area contributed by atoms with Gasteiger partial charge in [0, 0.05) is 18.3 Å². The minimum atomic E-state index is -0.159. The van der Waals surface area contributed by atoms with Gasteiger partial charge in [-0.05, 0) is 29.8 Å². The Morgan fingerprint density at radius 1 is 1.32 bits per heavy atom. The van der Waals surface area contributed by atoms with Crippen LogP contribution in [-0.4, -0.2) is 22.6 Å². The minimum absolute atomic E-state index is 0.142. The largest absolute Gasteiger partial charge is 0.384 e. The summed E-state index contributed by atoms with van der Waals surface area (Å²) in [4.78, 5) is 14.6. The Morgan fingerprint density at radius 2 is 2.21 bits per heavy atom. The predicted octanol–water partition coefficient (Wildman–Crippen LogP) is 1.29. The first-order valence-electron chi connectivity index (χ1n) is 5.90. The molecule has 2 rings (SSSR count). The molecular formula is C15H14N2O2. The van der Waals surface area contributed by atoms with Crippen LogP contribution in [0, 0.1) is 11.8 Å². The molecule has 0 atom stereocenters. The first kappa shape index (κ1) is 12.9. The molecule has 0 saturated carbocycles. The van der Waals surface area contributed by atoms with Crippen LogP contribution in [0.3, 0.4) is 0 Å². The molecule has 1 aromatic heterocycles. The van der Waals surface area contributed by atoms with Crippen LogP contribution in [-0.2, 0) is 6.54 Å². The van der Waals surface area contributed by atoms with Gasteiger partial charge in [0.05, 0.1) is 0 Å². The van der Waals surface area contributed by atoms with Crippen LogP contribution in [0.1, 0.15) is 21.6 Å². The molecule has 3 N–H and O–H groups in total. The van der Waals surface area contributed by atoms with E-state index in [1.807, 2.05) is 24.3 Å². The molecule has 1 aromatic carbocycles. The van der Waals surface area contributed by atoms with E-state index in [1.165, 1.54) is 0 Å². The standard InChI is InChI=1S/C15H14N2O2/c18-9-3-6-12-4-1-5-13(10-12)11-17-15(19)14-7-2-8-16-14/h1-2,4-5,7-8,10,16,18H,9,11H2,(H,17,19). The normalized spacial score (nSPS) is 9.53. The van der Waals surface area contributed by atoms with Crippen LogP contribution in [0.25, 0.3) is 0 Å². The van der Waals surface area contributed by atoms with E-state index >= 15 is 0 Å². The van der Waals surface area contributed by atoms with Crippen LogP contribution in [0.5, 0.6) is 0 Å². The Kier molecular flexibility index (Phi) is 4.38. The lowest BCUT2D eigenvalue weighted by atomic mass is 10.1. The van der Waals surface area contributed by atoms with Gasteiger partial charge in [0.25, 0.3) is 5.91 Å². The predicted molar refractivity (Wildman–Crippen MR) is 72.4 cm³/mol. The third-order valence-electron chi connectivity index (χ3n) is 2.53. The number of carbonyl (C=O) groups excluding carboxylic acids is 1. The highest BCUT2D eigenvalue weighted by Crippen LogP contribution is 2.04. The highest BCUT2D eigenvalue weighted by molar-refractivity contribution is 5.92. The van der Waals surface area contributed by atoms with Crippen molar-refractivity contribution in [2.24, 2.45) is 0 Å².